The maximum atomic E-state index is 12.6. The third kappa shape index (κ3) is 3.80. The largest absolute Gasteiger partial charge is 0.486 e. The number of nitrogens with zero attached hydrogens (tertiary/aromatic N) is 4. The molecule has 2 N–H and O–H groups in total. The van der Waals surface area contributed by atoms with E-state index in [-0.39, 0.29) is 11.0 Å². The number of aryl methyl sites for hydroxylation is 1. The number of para-hydroxylation sites is 1. The van der Waals surface area contributed by atoms with E-state index in [4.69, 9.17) is 21.7 Å². The lowest BCUT2D eigenvalue weighted by Crippen LogP contribution is -2.34. The second kappa shape index (κ2) is 7.93. The van der Waals surface area contributed by atoms with Gasteiger partial charge in [-0.05, 0) is 49.5 Å². The van der Waals surface area contributed by atoms with Crippen molar-refractivity contribution in [2.45, 2.75) is 6.92 Å². The smallest absolute Gasteiger partial charge is 0.257 e. The van der Waals surface area contributed by atoms with Gasteiger partial charge < -0.3 is 14.8 Å². The van der Waals surface area contributed by atoms with E-state index < -0.39 is 0 Å². The van der Waals surface area contributed by atoms with Crippen LogP contribution in [0.25, 0.3) is 15.5 Å². The average Bonchev–Trinajstić information content (AvgIpc) is 3.35. The van der Waals surface area contributed by atoms with Gasteiger partial charge in [-0.3, -0.25) is 10.1 Å². The minimum Gasteiger partial charge on any atom is -0.486 e. The Bertz CT molecular complexity index is 1320. The molecule has 1 aliphatic heterocycles. The Hall–Kier alpha value is -3.57. The van der Waals surface area contributed by atoms with Crippen LogP contribution < -0.4 is 20.1 Å². The molecule has 1 aliphatic rings. The fourth-order valence-corrected chi connectivity index (χ4v) is 4.24. The lowest BCUT2D eigenvalue weighted by Gasteiger charge is -2.19. The number of thiocarbonyl (C=S) groups is 1. The van der Waals surface area contributed by atoms with Crippen molar-refractivity contribution in [1.82, 2.24) is 25.1 Å². The van der Waals surface area contributed by atoms with Crippen LogP contribution in [0.1, 0.15) is 16.2 Å². The number of carbonyl (C=O) groups is 1. The van der Waals surface area contributed by atoms with E-state index in [0.29, 0.717) is 41.1 Å². The van der Waals surface area contributed by atoms with Crippen molar-refractivity contribution in [3.05, 3.63) is 53.9 Å². The molecule has 4 aromatic rings. The van der Waals surface area contributed by atoms with Gasteiger partial charge >= 0.3 is 0 Å². The molecule has 0 fully saturated rings. The van der Waals surface area contributed by atoms with E-state index in [9.17, 15) is 4.79 Å². The number of benzene rings is 2. The van der Waals surface area contributed by atoms with Crippen LogP contribution >= 0.6 is 23.6 Å². The molecule has 0 saturated heterocycles. The molecule has 2 aromatic heterocycles. The number of nitrogens with one attached hydrogen (secondary N) is 2. The topological polar surface area (TPSA) is 103 Å². The van der Waals surface area contributed by atoms with Crippen LogP contribution in [-0.4, -0.2) is 44.0 Å². The van der Waals surface area contributed by atoms with Gasteiger partial charge in [-0.2, -0.15) is 9.61 Å². The zero-order valence-corrected chi connectivity index (χ0v) is 17.9. The first kappa shape index (κ1) is 19.4. The van der Waals surface area contributed by atoms with Crippen LogP contribution in [0.3, 0.4) is 0 Å². The van der Waals surface area contributed by atoms with E-state index >= 15 is 0 Å². The number of amides is 1. The van der Waals surface area contributed by atoms with E-state index in [1.807, 2.05) is 31.2 Å². The van der Waals surface area contributed by atoms with Crippen LogP contribution in [-0.2, 0) is 0 Å². The number of hydrogen-bond donors (Lipinski definition) is 2. The molecule has 3 heterocycles. The summed E-state index contributed by atoms with van der Waals surface area (Å²) in [5.74, 6) is 1.53. The summed E-state index contributed by atoms with van der Waals surface area (Å²) in [6.07, 6.45) is 0. The van der Waals surface area contributed by atoms with Gasteiger partial charge in [0.05, 0.1) is 5.69 Å². The molecule has 31 heavy (non-hydrogen) atoms. The fraction of sp³-hybridized carbons (Fsp3) is 0.150. The normalized spacial score (nSPS) is 12.5. The summed E-state index contributed by atoms with van der Waals surface area (Å²) >= 11 is 6.79. The number of ether oxygens (including phenoxy) is 2. The van der Waals surface area contributed by atoms with Crippen molar-refractivity contribution in [2.75, 3.05) is 18.5 Å². The second-order valence-electron chi connectivity index (χ2n) is 6.66. The van der Waals surface area contributed by atoms with Gasteiger partial charge in [-0.15, -0.1) is 10.2 Å². The monoisotopic (exact) mass is 452 g/mol. The van der Waals surface area contributed by atoms with Gasteiger partial charge in [-0.25, -0.2) is 0 Å². The third-order valence-electron chi connectivity index (χ3n) is 4.58. The zero-order valence-electron chi connectivity index (χ0n) is 16.3. The van der Waals surface area contributed by atoms with E-state index in [2.05, 4.69) is 25.9 Å². The predicted octanol–water partition coefficient (Wildman–Crippen LogP) is 3.06. The maximum absolute atomic E-state index is 12.6. The molecule has 5 rings (SSSR count). The van der Waals surface area contributed by atoms with Gasteiger partial charge in [0.15, 0.2) is 22.4 Å². The highest BCUT2D eigenvalue weighted by atomic mass is 32.1. The first-order valence-corrected chi connectivity index (χ1v) is 10.6. The van der Waals surface area contributed by atoms with E-state index in [0.717, 1.165) is 16.3 Å². The Labute approximate surface area is 186 Å². The Morgan fingerprint density at radius 1 is 1.13 bits per heavy atom. The highest BCUT2D eigenvalue weighted by Crippen LogP contribution is 2.32. The fourth-order valence-electron chi connectivity index (χ4n) is 3.12. The summed E-state index contributed by atoms with van der Waals surface area (Å²) in [6, 6.07) is 12.6. The van der Waals surface area contributed by atoms with Gasteiger partial charge in [0, 0.05) is 11.1 Å². The molecule has 156 valence electrons. The number of hydrogen-bond acceptors (Lipinski definition) is 8. The summed E-state index contributed by atoms with van der Waals surface area (Å²) in [6.45, 7) is 2.79. The Morgan fingerprint density at radius 2 is 1.94 bits per heavy atom. The molecule has 0 unspecified atom stereocenters. The minimum absolute atomic E-state index is 0.173. The third-order valence-corrected chi connectivity index (χ3v) is 5.72. The van der Waals surface area contributed by atoms with Gasteiger partial charge in [0.25, 0.3) is 5.91 Å². The molecular weight excluding hydrogens is 436 g/mol. The van der Waals surface area contributed by atoms with Crippen LogP contribution in [0.15, 0.2) is 42.5 Å². The van der Waals surface area contributed by atoms with Gasteiger partial charge in [0.1, 0.15) is 18.2 Å². The van der Waals surface area contributed by atoms with E-state index in [1.165, 1.54) is 11.3 Å². The van der Waals surface area contributed by atoms with Crippen molar-refractivity contribution in [2.24, 2.45) is 0 Å². The number of aromatic nitrogens is 4. The van der Waals surface area contributed by atoms with Crippen LogP contribution in [0.2, 0.25) is 0 Å². The molecule has 0 spiro atoms. The van der Waals surface area contributed by atoms with Crippen molar-refractivity contribution in [1.29, 1.82) is 0 Å². The summed E-state index contributed by atoms with van der Waals surface area (Å²) in [4.78, 5) is 13.3. The quantitative estimate of drug-likeness (QED) is 0.457. The highest BCUT2D eigenvalue weighted by Gasteiger charge is 2.17. The summed E-state index contributed by atoms with van der Waals surface area (Å²) in [5.41, 5.74) is 1.98. The summed E-state index contributed by atoms with van der Waals surface area (Å²) in [7, 11) is 0. The molecule has 2 aromatic carbocycles. The predicted molar refractivity (Wildman–Crippen MR) is 120 cm³/mol. The van der Waals surface area contributed by atoms with Crippen LogP contribution in [0.5, 0.6) is 11.5 Å². The molecule has 9 nitrogen and oxygen atoms in total. The molecule has 0 saturated carbocycles. The first-order valence-electron chi connectivity index (χ1n) is 9.39. The number of anilines is 1. The number of fused-ring (bicyclic) bond motifs is 2. The average molecular weight is 453 g/mol. The van der Waals surface area contributed by atoms with Crippen molar-refractivity contribution in [3.8, 4) is 22.1 Å². The molecule has 1 amide bonds. The van der Waals surface area contributed by atoms with Crippen molar-refractivity contribution >= 4 is 45.2 Å². The molecule has 0 atom stereocenters. The molecular formula is C20H16N6O3S2. The zero-order chi connectivity index (χ0) is 21.4. The maximum Gasteiger partial charge on any atom is 0.257 e. The van der Waals surface area contributed by atoms with Gasteiger partial charge in [-0.1, -0.05) is 23.5 Å². The number of carbonyl (C=O) groups excluding carboxylic acids is 1. The molecule has 0 radical (unpaired) electrons. The first-order chi connectivity index (χ1) is 15.1. The second-order valence-corrected chi connectivity index (χ2v) is 8.03. The van der Waals surface area contributed by atoms with Gasteiger partial charge in [0.2, 0.25) is 4.96 Å². The Kier molecular flexibility index (Phi) is 4.96. The molecule has 11 heteroatoms. The van der Waals surface area contributed by atoms with Crippen LogP contribution in [0.4, 0.5) is 5.69 Å². The summed E-state index contributed by atoms with van der Waals surface area (Å²) < 4.78 is 12.7. The lowest BCUT2D eigenvalue weighted by molar-refractivity contribution is 0.0976. The van der Waals surface area contributed by atoms with E-state index in [1.54, 1.807) is 22.7 Å². The van der Waals surface area contributed by atoms with Crippen molar-refractivity contribution in [3.63, 3.8) is 0 Å². The minimum atomic E-state index is -0.346. The summed E-state index contributed by atoms with van der Waals surface area (Å²) in [5, 5.41) is 19.4. The lowest BCUT2D eigenvalue weighted by atomic mass is 10.2. The molecule has 0 bridgehead atoms. The SMILES string of the molecule is Cc1nnc2sc(-c3ccccc3NC(=S)NC(=O)c3ccc4c(c3)OCCO4)nn12. The Morgan fingerprint density at radius 3 is 2.77 bits per heavy atom. The standard InChI is InChI=1S/C20H16N6O3S2/c1-11-23-24-20-26(11)25-18(31-20)13-4-2-3-5-14(13)21-19(30)22-17(27)12-6-7-15-16(10-12)29-9-8-28-15/h2-7,10H,8-9H2,1H3,(H2,21,22,27,30). The van der Waals surface area contributed by atoms with Crippen molar-refractivity contribution < 1.29 is 14.3 Å². The number of rotatable bonds is 3. The highest BCUT2D eigenvalue weighted by molar-refractivity contribution is 7.80. The Balaban J connectivity index is 1.33. The van der Waals surface area contributed by atoms with Crippen LogP contribution in [0, 0.1) is 6.92 Å². The molecule has 0 aliphatic carbocycles.